The van der Waals surface area contributed by atoms with E-state index in [1.807, 2.05) is 6.07 Å². The number of benzene rings is 1. The van der Waals surface area contributed by atoms with Crippen LogP contribution in [0.2, 0.25) is 5.02 Å². The number of amides is 1. The summed E-state index contributed by atoms with van der Waals surface area (Å²) in [4.78, 5) is 16.0. The van der Waals surface area contributed by atoms with Gasteiger partial charge in [0.05, 0.1) is 11.3 Å². The normalized spacial score (nSPS) is 9.74. The van der Waals surface area contributed by atoms with E-state index in [0.717, 1.165) is 0 Å². The lowest BCUT2D eigenvalue weighted by molar-refractivity contribution is 0.102. The topological polar surface area (TPSA) is 65.8 Å². The molecule has 0 fully saturated rings. The third kappa shape index (κ3) is 3.31. The van der Waals surface area contributed by atoms with E-state index in [9.17, 15) is 4.79 Å². The van der Waals surface area contributed by atoms with Crippen LogP contribution in [0.5, 0.6) is 0 Å². The Hall–Kier alpha value is -1.90. The summed E-state index contributed by atoms with van der Waals surface area (Å²) in [5, 5.41) is 12.0. The van der Waals surface area contributed by atoms with Crippen LogP contribution in [0.3, 0.4) is 0 Å². The van der Waals surface area contributed by atoms with E-state index in [0.29, 0.717) is 20.9 Å². The summed E-state index contributed by atoms with van der Waals surface area (Å²) in [7, 11) is 0. The molecule has 1 heterocycles. The number of anilines is 1. The maximum Gasteiger partial charge on any atom is 0.274 e. The molecule has 1 N–H and O–H groups in total. The molecule has 1 amide bonds. The minimum Gasteiger partial charge on any atom is -0.319 e. The molecular weight excluding hydrogens is 330 g/mol. The van der Waals surface area contributed by atoms with Crippen LogP contribution in [0.15, 0.2) is 41.0 Å². The summed E-state index contributed by atoms with van der Waals surface area (Å²) < 4.78 is 0.562. The maximum absolute atomic E-state index is 12.0. The minimum absolute atomic E-state index is 0.248. The molecule has 0 aliphatic rings. The fourth-order valence-electron chi connectivity index (χ4n) is 1.44. The average molecular weight is 337 g/mol. The van der Waals surface area contributed by atoms with Crippen molar-refractivity contribution in [3.8, 4) is 6.07 Å². The Morgan fingerprint density at radius 1 is 1.37 bits per heavy atom. The first kappa shape index (κ1) is 13.5. The number of aromatic nitrogens is 1. The van der Waals surface area contributed by atoms with Gasteiger partial charge in [0, 0.05) is 5.02 Å². The zero-order chi connectivity index (χ0) is 13.8. The molecule has 2 rings (SSSR count). The van der Waals surface area contributed by atoms with E-state index in [1.165, 1.54) is 6.07 Å². The molecule has 1 aromatic heterocycles. The monoisotopic (exact) mass is 335 g/mol. The molecule has 19 heavy (non-hydrogen) atoms. The van der Waals surface area contributed by atoms with Crippen molar-refractivity contribution in [1.82, 2.24) is 4.98 Å². The molecule has 94 valence electrons. The SMILES string of the molecule is N#Cc1ccc(Cl)cc1NC(=O)c1cccc(Br)n1. The number of hydrogen-bond acceptors (Lipinski definition) is 3. The molecular formula is C13H7BrClN3O. The van der Waals surface area contributed by atoms with Crippen molar-refractivity contribution in [3.05, 3.63) is 57.3 Å². The second kappa shape index (κ2) is 5.83. The van der Waals surface area contributed by atoms with Gasteiger partial charge in [-0.15, -0.1) is 0 Å². The molecule has 0 unspecified atom stereocenters. The van der Waals surface area contributed by atoms with E-state index in [2.05, 4.69) is 26.2 Å². The smallest absolute Gasteiger partial charge is 0.274 e. The highest BCUT2D eigenvalue weighted by molar-refractivity contribution is 9.10. The summed E-state index contributed by atoms with van der Waals surface area (Å²) in [6.45, 7) is 0. The molecule has 0 spiro atoms. The molecule has 0 aliphatic heterocycles. The summed E-state index contributed by atoms with van der Waals surface area (Å²) in [5.41, 5.74) is 0.952. The van der Waals surface area contributed by atoms with Crippen LogP contribution in [-0.2, 0) is 0 Å². The van der Waals surface area contributed by atoms with Gasteiger partial charge in [-0.25, -0.2) is 4.98 Å². The third-order valence-corrected chi connectivity index (χ3v) is 2.97. The Bertz CT molecular complexity index is 682. The lowest BCUT2D eigenvalue weighted by atomic mass is 10.2. The number of nitrogens with zero attached hydrogens (tertiary/aromatic N) is 2. The van der Waals surface area contributed by atoms with Gasteiger partial charge in [0.15, 0.2) is 0 Å². The fourth-order valence-corrected chi connectivity index (χ4v) is 1.95. The van der Waals surface area contributed by atoms with Gasteiger partial charge in [0.25, 0.3) is 5.91 Å². The molecule has 0 bridgehead atoms. The lowest BCUT2D eigenvalue weighted by Crippen LogP contribution is -2.14. The van der Waals surface area contributed by atoms with Gasteiger partial charge < -0.3 is 5.32 Å². The van der Waals surface area contributed by atoms with Gasteiger partial charge in [0.1, 0.15) is 16.4 Å². The average Bonchev–Trinajstić information content (AvgIpc) is 2.39. The second-order valence-corrected chi connectivity index (χ2v) is 4.85. The molecule has 1 aromatic carbocycles. The highest BCUT2D eigenvalue weighted by Crippen LogP contribution is 2.21. The quantitative estimate of drug-likeness (QED) is 0.852. The van der Waals surface area contributed by atoms with Crippen LogP contribution in [0, 0.1) is 11.3 Å². The maximum atomic E-state index is 12.0. The number of pyridine rings is 1. The zero-order valence-electron chi connectivity index (χ0n) is 9.52. The fraction of sp³-hybridized carbons (Fsp3) is 0. The van der Waals surface area contributed by atoms with Crippen LogP contribution >= 0.6 is 27.5 Å². The van der Waals surface area contributed by atoms with Crippen molar-refractivity contribution < 1.29 is 4.79 Å². The van der Waals surface area contributed by atoms with E-state index in [4.69, 9.17) is 16.9 Å². The number of nitrogens with one attached hydrogen (secondary N) is 1. The number of rotatable bonds is 2. The summed E-state index contributed by atoms with van der Waals surface area (Å²) in [5.74, 6) is -0.403. The first-order valence-electron chi connectivity index (χ1n) is 5.23. The summed E-state index contributed by atoms with van der Waals surface area (Å²) >= 11 is 9.04. The minimum atomic E-state index is -0.403. The standard InChI is InChI=1S/C13H7BrClN3O/c14-12-3-1-2-10(17-12)13(19)18-11-6-9(15)5-4-8(11)7-16/h1-6H,(H,18,19). The molecule has 0 atom stereocenters. The van der Waals surface area contributed by atoms with Crippen LogP contribution in [0.25, 0.3) is 0 Å². The van der Waals surface area contributed by atoms with Gasteiger partial charge >= 0.3 is 0 Å². The van der Waals surface area contributed by atoms with Crippen molar-refractivity contribution in [3.63, 3.8) is 0 Å². The highest BCUT2D eigenvalue weighted by Gasteiger charge is 2.11. The van der Waals surface area contributed by atoms with Gasteiger partial charge in [-0.2, -0.15) is 5.26 Å². The number of carbonyl (C=O) groups excluding carboxylic acids is 1. The van der Waals surface area contributed by atoms with Crippen LogP contribution < -0.4 is 5.32 Å². The number of carbonyl (C=O) groups is 1. The zero-order valence-corrected chi connectivity index (χ0v) is 11.9. The predicted molar refractivity (Wildman–Crippen MR) is 76.1 cm³/mol. The number of halogens is 2. The number of nitriles is 1. The second-order valence-electron chi connectivity index (χ2n) is 3.60. The number of hydrogen-bond donors (Lipinski definition) is 1. The van der Waals surface area contributed by atoms with Crippen LogP contribution in [-0.4, -0.2) is 10.9 Å². The van der Waals surface area contributed by atoms with Gasteiger partial charge in [-0.1, -0.05) is 17.7 Å². The van der Waals surface area contributed by atoms with E-state index in [1.54, 1.807) is 30.3 Å². The van der Waals surface area contributed by atoms with Crippen molar-refractivity contribution in [2.45, 2.75) is 0 Å². The molecule has 0 radical (unpaired) electrons. The molecule has 0 aliphatic carbocycles. The first-order chi connectivity index (χ1) is 9.10. The largest absolute Gasteiger partial charge is 0.319 e. The third-order valence-electron chi connectivity index (χ3n) is 2.30. The van der Waals surface area contributed by atoms with Crippen LogP contribution in [0.4, 0.5) is 5.69 Å². The Labute approximate surface area is 123 Å². The van der Waals surface area contributed by atoms with E-state index in [-0.39, 0.29) is 5.69 Å². The van der Waals surface area contributed by atoms with Gasteiger partial charge in [-0.05, 0) is 46.3 Å². The van der Waals surface area contributed by atoms with Crippen molar-refractivity contribution in [1.29, 1.82) is 5.26 Å². The van der Waals surface area contributed by atoms with E-state index >= 15 is 0 Å². The summed E-state index contributed by atoms with van der Waals surface area (Å²) in [6.07, 6.45) is 0. The van der Waals surface area contributed by atoms with Gasteiger partial charge in [-0.3, -0.25) is 4.79 Å². The van der Waals surface area contributed by atoms with E-state index < -0.39 is 5.91 Å². The highest BCUT2D eigenvalue weighted by atomic mass is 79.9. The van der Waals surface area contributed by atoms with Gasteiger partial charge in [0.2, 0.25) is 0 Å². The Balaban J connectivity index is 2.29. The molecule has 2 aromatic rings. The molecule has 0 saturated carbocycles. The van der Waals surface area contributed by atoms with Crippen LogP contribution in [0.1, 0.15) is 16.1 Å². The lowest BCUT2D eigenvalue weighted by Gasteiger charge is -2.07. The predicted octanol–water partition coefficient (Wildman–Crippen LogP) is 3.62. The summed E-state index contributed by atoms with van der Waals surface area (Å²) in [6, 6.07) is 11.7. The molecule has 0 saturated heterocycles. The van der Waals surface area contributed by atoms with Crippen molar-refractivity contribution in [2.24, 2.45) is 0 Å². The van der Waals surface area contributed by atoms with Crippen molar-refractivity contribution >= 4 is 39.1 Å². The Morgan fingerprint density at radius 3 is 2.84 bits per heavy atom. The molecule has 6 heteroatoms. The first-order valence-corrected chi connectivity index (χ1v) is 6.41. The molecule has 4 nitrogen and oxygen atoms in total. The van der Waals surface area contributed by atoms with Crippen molar-refractivity contribution in [2.75, 3.05) is 5.32 Å². The Morgan fingerprint density at radius 2 is 2.16 bits per heavy atom. The Kier molecular flexibility index (Phi) is 4.15.